The average Bonchev–Trinajstić information content (AvgIpc) is 2.68. The number of urea groups is 1. The molecule has 0 aliphatic heterocycles. The summed E-state index contributed by atoms with van der Waals surface area (Å²) in [4.78, 5) is 24.0. The molecule has 28 heavy (non-hydrogen) atoms. The van der Waals surface area contributed by atoms with Crippen LogP contribution in [0.4, 0.5) is 10.5 Å². The lowest BCUT2D eigenvalue weighted by Crippen LogP contribution is -2.34. The number of hydrogen-bond donors (Lipinski definition) is 3. The molecule has 0 aliphatic carbocycles. The summed E-state index contributed by atoms with van der Waals surface area (Å²) in [6, 6.07) is 14.9. The number of ether oxygens (including phenoxy) is 1. The van der Waals surface area contributed by atoms with Crippen LogP contribution in [0.2, 0.25) is 0 Å². The number of hydrogen-bond acceptors (Lipinski definition) is 3. The fourth-order valence-corrected chi connectivity index (χ4v) is 2.71. The fraction of sp³-hybridized carbons (Fsp3) is 0.364. The first kappa shape index (κ1) is 21.3. The highest BCUT2D eigenvalue weighted by Crippen LogP contribution is 2.18. The monoisotopic (exact) mass is 383 g/mol. The third-order valence-electron chi connectivity index (χ3n) is 4.47. The van der Waals surface area contributed by atoms with Crippen LogP contribution in [0.15, 0.2) is 48.5 Å². The molecule has 2 aromatic rings. The fourth-order valence-electron chi connectivity index (χ4n) is 2.71. The van der Waals surface area contributed by atoms with E-state index in [-0.39, 0.29) is 30.9 Å². The van der Waals surface area contributed by atoms with E-state index in [1.165, 1.54) is 5.56 Å². The highest BCUT2D eigenvalue weighted by Gasteiger charge is 2.10. The van der Waals surface area contributed by atoms with Crippen LogP contribution in [0.1, 0.15) is 50.3 Å². The van der Waals surface area contributed by atoms with Gasteiger partial charge in [0.1, 0.15) is 5.75 Å². The Bertz CT molecular complexity index is 771. The summed E-state index contributed by atoms with van der Waals surface area (Å²) in [6.07, 6.45) is 0.213. The van der Waals surface area contributed by atoms with Crippen LogP contribution in [0, 0.1) is 0 Å². The molecule has 0 heterocycles. The molecule has 1 atom stereocenters. The van der Waals surface area contributed by atoms with Gasteiger partial charge in [-0.25, -0.2) is 4.79 Å². The summed E-state index contributed by atoms with van der Waals surface area (Å²) in [5, 5.41) is 8.35. The molecule has 0 aliphatic rings. The summed E-state index contributed by atoms with van der Waals surface area (Å²) in [6.45, 7) is 6.51. The maximum absolute atomic E-state index is 12.1. The molecular weight excluding hydrogens is 354 g/mol. The van der Waals surface area contributed by atoms with E-state index in [0.717, 1.165) is 11.3 Å². The zero-order valence-electron chi connectivity index (χ0n) is 16.9. The van der Waals surface area contributed by atoms with Crippen LogP contribution < -0.4 is 20.7 Å². The van der Waals surface area contributed by atoms with Gasteiger partial charge < -0.3 is 20.7 Å². The van der Waals surface area contributed by atoms with Crippen LogP contribution in [-0.2, 0) is 4.79 Å². The number of rotatable bonds is 8. The second kappa shape index (κ2) is 10.3. The lowest BCUT2D eigenvalue weighted by Gasteiger charge is -2.16. The van der Waals surface area contributed by atoms with E-state index in [1.54, 1.807) is 31.4 Å². The SMILES string of the molecule is COc1ccc(NC(=O)NCCC(=O)NC(C)c2ccc(C(C)C)cc2)cc1. The Kier molecular flexibility index (Phi) is 7.87. The summed E-state index contributed by atoms with van der Waals surface area (Å²) in [5.74, 6) is 1.09. The molecular formula is C22H29N3O3. The summed E-state index contributed by atoms with van der Waals surface area (Å²) >= 11 is 0. The molecule has 2 rings (SSSR count). The number of carbonyl (C=O) groups is 2. The first-order chi connectivity index (χ1) is 13.4. The van der Waals surface area contributed by atoms with Gasteiger partial charge in [-0.1, -0.05) is 38.1 Å². The second-order valence-electron chi connectivity index (χ2n) is 6.97. The minimum absolute atomic E-state index is 0.0816. The van der Waals surface area contributed by atoms with Crippen molar-refractivity contribution in [3.63, 3.8) is 0 Å². The van der Waals surface area contributed by atoms with Gasteiger partial charge in [0.2, 0.25) is 5.91 Å². The van der Waals surface area contributed by atoms with Crippen LogP contribution in [0.3, 0.4) is 0 Å². The molecule has 6 nitrogen and oxygen atoms in total. The Morgan fingerprint density at radius 3 is 2.11 bits per heavy atom. The topological polar surface area (TPSA) is 79.5 Å². The molecule has 0 aromatic heterocycles. The molecule has 150 valence electrons. The van der Waals surface area contributed by atoms with Crippen molar-refractivity contribution in [2.45, 2.75) is 39.2 Å². The predicted molar refractivity (Wildman–Crippen MR) is 112 cm³/mol. The molecule has 0 fully saturated rings. The summed E-state index contributed by atoms with van der Waals surface area (Å²) < 4.78 is 5.07. The standard InChI is InChI=1S/C22H29N3O3/c1-15(2)17-5-7-18(8-6-17)16(3)24-21(26)13-14-23-22(27)25-19-9-11-20(28-4)12-10-19/h5-12,15-16H,13-14H2,1-4H3,(H,24,26)(H2,23,25,27). The Morgan fingerprint density at radius 2 is 1.54 bits per heavy atom. The van der Waals surface area contributed by atoms with E-state index in [1.807, 2.05) is 19.1 Å². The van der Waals surface area contributed by atoms with Gasteiger partial charge in [-0.3, -0.25) is 4.79 Å². The highest BCUT2D eigenvalue weighted by atomic mass is 16.5. The lowest BCUT2D eigenvalue weighted by atomic mass is 9.99. The van der Waals surface area contributed by atoms with Gasteiger partial charge in [0.25, 0.3) is 0 Å². The van der Waals surface area contributed by atoms with Crippen molar-refractivity contribution < 1.29 is 14.3 Å². The number of amides is 3. The van der Waals surface area contributed by atoms with Gasteiger partial charge in [-0.2, -0.15) is 0 Å². The van der Waals surface area contributed by atoms with E-state index < -0.39 is 0 Å². The first-order valence-corrected chi connectivity index (χ1v) is 9.47. The van der Waals surface area contributed by atoms with E-state index in [2.05, 4.69) is 41.9 Å². The molecule has 0 radical (unpaired) electrons. The van der Waals surface area contributed by atoms with Crippen molar-refractivity contribution in [3.05, 3.63) is 59.7 Å². The average molecular weight is 383 g/mol. The van der Waals surface area contributed by atoms with Gasteiger partial charge in [0.05, 0.1) is 13.2 Å². The normalized spacial score (nSPS) is 11.6. The summed E-state index contributed by atoms with van der Waals surface area (Å²) in [5.41, 5.74) is 2.98. The van der Waals surface area contributed by atoms with Crippen molar-refractivity contribution in [2.24, 2.45) is 0 Å². The van der Waals surface area contributed by atoms with E-state index in [4.69, 9.17) is 4.74 Å². The maximum Gasteiger partial charge on any atom is 0.319 e. The molecule has 0 bridgehead atoms. The van der Waals surface area contributed by atoms with E-state index >= 15 is 0 Å². The van der Waals surface area contributed by atoms with E-state index in [0.29, 0.717) is 11.6 Å². The Morgan fingerprint density at radius 1 is 0.929 bits per heavy atom. The third-order valence-corrected chi connectivity index (χ3v) is 4.47. The molecule has 0 saturated heterocycles. The van der Waals surface area contributed by atoms with Gasteiger partial charge >= 0.3 is 6.03 Å². The largest absolute Gasteiger partial charge is 0.497 e. The van der Waals surface area contributed by atoms with Crippen molar-refractivity contribution in [1.82, 2.24) is 10.6 Å². The van der Waals surface area contributed by atoms with Crippen LogP contribution in [0.25, 0.3) is 0 Å². The second-order valence-corrected chi connectivity index (χ2v) is 6.97. The smallest absolute Gasteiger partial charge is 0.319 e. The Balaban J connectivity index is 1.71. The molecule has 3 amide bonds. The minimum Gasteiger partial charge on any atom is -0.497 e. The Labute approximate surface area is 166 Å². The third kappa shape index (κ3) is 6.61. The molecule has 6 heteroatoms. The van der Waals surface area contributed by atoms with Gasteiger partial charge in [0.15, 0.2) is 0 Å². The molecule has 0 spiro atoms. The molecule has 3 N–H and O–H groups in total. The van der Waals surface area contributed by atoms with Crippen LogP contribution in [-0.4, -0.2) is 25.6 Å². The van der Waals surface area contributed by atoms with Crippen LogP contribution >= 0.6 is 0 Å². The minimum atomic E-state index is -0.352. The maximum atomic E-state index is 12.1. The van der Waals surface area contributed by atoms with Crippen LogP contribution in [0.5, 0.6) is 5.75 Å². The number of nitrogens with one attached hydrogen (secondary N) is 3. The zero-order valence-corrected chi connectivity index (χ0v) is 16.9. The van der Waals surface area contributed by atoms with Crippen molar-refractivity contribution in [1.29, 1.82) is 0 Å². The first-order valence-electron chi connectivity index (χ1n) is 9.47. The van der Waals surface area contributed by atoms with Gasteiger partial charge in [0, 0.05) is 18.7 Å². The molecule has 1 unspecified atom stereocenters. The van der Waals surface area contributed by atoms with Crippen molar-refractivity contribution in [3.8, 4) is 5.75 Å². The van der Waals surface area contributed by atoms with Crippen molar-refractivity contribution >= 4 is 17.6 Å². The molecule has 0 saturated carbocycles. The predicted octanol–water partition coefficient (Wildman–Crippen LogP) is 4.21. The lowest BCUT2D eigenvalue weighted by molar-refractivity contribution is -0.121. The molecule has 2 aromatic carbocycles. The van der Waals surface area contributed by atoms with Gasteiger partial charge in [-0.15, -0.1) is 0 Å². The van der Waals surface area contributed by atoms with E-state index in [9.17, 15) is 9.59 Å². The highest BCUT2D eigenvalue weighted by molar-refractivity contribution is 5.89. The van der Waals surface area contributed by atoms with Crippen molar-refractivity contribution in [2.75, 3.05) is 19.0 Å². The Hall–Kier alpha value is -3.02. The number of methoxy groups -OCH3 is 1. The number of benzene rings is 2. The number of carbonyl (C=O) groups excluding carboxylic acids is 2. The number of anilines is 1. The van der Waals surface area contributed by atoms with Gasteiger partial charge in [-0.05, 0) is 48.2 Å². The summed E-state index contributed by atoms with van der Waals surface area (Å²) in [7, 11) is 1.59. The zero-order chi connectivity index (χ0) is 20.5. The quantitative estimate of drug-likeness (QED) is 0.639.